The second-order valence-electron chi connectivity index (χ2n) is 11.9. The van der Waals surface area contributed by atoms with Crippen LogP contribution in [-0.4, -0.2) is 114 Å². The summed E-state index contributed by atoms with van der Waals surface area (Å²) in [5.41, 5.74) is 7.97. The van der Waals surface area contributed by atoms with E-state index in [1.807, 2.05) is 18.8 Å². The average molecular weight is 546 g/mol. The molecule has 0 saturated carbocycles. The van der Waals surface area contributed by atoms with Gasteiger partial charge in [0.15, 0.2) is 7.85 Å². The third-order valence-electron chi connectivity index (χ3n) is 9.20. The lowest BCUT2D eigenvalue weighted by atomic mass is 9.49. The summed E-state index contributed by atoms with van der Waals surface area (Å²) in [5.74, 6) is -0.366. The van der Waals surface area contributed by atoms with Crippen molar-refractivity contribution in [2.24, 2.45) is 0 Å². The first kappa shape index (κ1) is 29.2. The van der Waals surface area contributed by atoms with Crippen LogP contribution in [0, 0.1) is 0 Å². The second kappa shape index (κ2) is 10.9. The van der Waals surface area contributed by atoms with Gasteiger partial charge in [-0.3, -0.25) is 24.5 Å². The Labute approximate surface area is 246 Å². The van der Waals surface area contributed by atoms with Crippen molar-refractivity contribution in [2.75, 3.05) is 19.8 Å². The molecule has 2 aromatic carbocycles. The SMILES string of the molecule is Bc1c(B)c(C(B)(B)N2CCOCC2=O)c(B)c(B)c1C(B)Oc1cccc2c1CN(C1CCC(=O)NC1=O)C2=O. The van der Waals surface area contributed by atoms with Crippen LogP contribution < -0.4 is 31.9 Å². The fraction of sp³-hybridized carbons (Fsp3) is 0.360. The maximum Gasteiger partial charge on any atom is 0.255 e. The zero-order valence-electron chi connectivity index (χ0n) is 25.0. The number of carbonyl (C=O) groups is 4. The van der Waals surface area contributed by atoms with Gasteiger partial charge in [-0.15, -0.1) is 0 Å². The van der Waals surface area contributed by atoms with Crippen molar-refractivity contribution in [3.63, 3.8) is 0 Å². The Morgan fingerprint density at radius 1 is 1.02 bits per heavy atom. The van der Waals surface area contributed by atoms with Gasteiger partial charge in [-0.25, -0.2) is 0 Å². The molecule has 3 aliphatic rings. The molecule has 2 fully saturated rings. The molecule has 2 saturated heterocycles. The number of rotatable bonds is 6. The van der Waals surface area contributed by atoms with Crippen LogP contribution in [0.4, 0.5) is 0 Å². The van der Waals surface area contributed by atoms with E-state index in [9.17, 15) is 19.2 Å². The molecule has 0 bridgehead atoms. The summed E-state index contributed by atoms with van der Waals surface area (Å²) in [6.45, 7) is 1.43. The molecule has 41 heavy (non-hydrogen) atoms. The number of carbonyl (C=O) groups excluding carboxylic acids is 4. The largest absolute Gasteiger partial charge is 0.495 e. The maximum atomic E-state index is 13.3. The summed E-state index contributed by atoms with van der Waals surface area (Å²) in [6, 6.07) is 4.43. The molecule has 2 aromatic rings. The Morgan fingerprint density at radius 2 is 1.71 bits per heavy atom. The number of nitrogens with zero attached hydrogens (tertiary/aromatic N) is 2. The Morgan fingerprint density at radius 3 is 2.34 bits per heavy atom. The number of ether oxygens (including phenoxy) is 2. The van der Waals surface area contributed by atoms with Crippen LogP contribution >= 0.6 is 0 Å². The summed E-state index contributed by atoms with van der Waals surface area (Å²) < 4.78 is 12.0. The van der Waals surface area contributed by atoms with Gasteiger partial charge in [-0.1, -0.05) is 33.5 Å². The smallest absolute Gasteiger partial charge is 0.255 e. The van der Waals surface area contributed by atoms with Gasteiger partial charge in [-0.2, -0.15) is 0 Å². The first-order valence-corrected chi connectivity index (χ1v) is 14.3. The Balaban J connectivity index is 1.45. The van der Waals surface area contributed by atoms with Gasteiger partial charge in [0.05, 0.1) is 19.2 Å². The lowest BCUT2D eigenvalue weighted by Crippen LogP contribution is -2.62. The lowest BCUT2D eigenvalue weighted by Gasteiger charge is -2.45. The van der Waals surface area contributed by atoms with Gasteiger partial charge in [0, 0.05) is 29.4 Å². The number of morpholine rings is 1. The number of hydrogen-bond donors (Lipinski definition) is 1. The van der Waals surface area contributed by atoms with E-state index in [1.165, 1.54) is 0 Å². The van der Waals surface area contributed by atoms with E-state index in [0.29, 0.717) is 30.9 Å². The first-order chi connectivity index (χ1) is 19.3. The van der Waals surface area contributed by atoms with Crippen LogP contribution in [0.1, 0.15) is 45.9 Å². The van der Waals surface area contributed by atoms with E-state index >= 15 is 0 Å². The number of fused-ring (bicyclic) bond motifs is 1. The van der Waals surface area contributed by atoms with Crippen LogP contribution in [0.15, 0.2) is 18.2 Å². The Bertz CT molecular complexity index is 1460. The fourth-order valence-electron chi connectivity index (χ4n) is 7.03. The monoisotopic (exact) mass is 547 g/mol. The van der Waals surface area contributed by atoms with Crippen molar-refractivity contribution >= 4 is 100 Å². The molecule has 4 amide bonds. The van der Waals surface area contributed by atoms with Gasteiger partial charge in [0.2, 0.25) is 17.7 Å². The van der Waals surface area contributed by atoms with Crippen molar-refractivity contribution in [3.05, 3.63) is 40.5 Å². The number of imide groups is 1. The second-order valence-corrected chi connectivity index (χ2v) is 11.9. The number of hydrogen-bond acceptors (Lipinski definition) is 6. The minimum Gasteiger partial charge on any atom is -0.495 e. The molecule has 1 N–H and O–H groups in total. The summed E-state index contributed by atoms with van der Waals surface area (Å²) in [5, 5.41) is 1.85. The number of amides is 4. The molecule has 3 heterocycles. The lowest BCUT2D eigenvalue weighted by molar-refractivity contribution is -0.145. The van der Waals surface area contributed by atoms with E-state index in [2.05, 4.69) is 52.4 Å². The van der Waals surface area contributed by atoms with Crippen LogP contribution in [0.5, 0.6) is 5.75 Å². The number of nitrogens with one attached hydrogen (secondary N) is 1. The van der Waals surface area contributed by atoms with E-state index in [-0.39, 0.29) is 43.3 Å². The molecule has 3 aliphatic heterocycles. The van der Waals surface area contributed by atoms with Crippen molar-refractivity contribution < 1.29 is 28.7 Å². The van der Waals surface area contributed by atoms with Gasteiger partial charge < -0.3 is 19.3 Å². The highest BCUT2D eigenvalue weighted by Crippen LogP contribution is 2.35. The highest BCUT2D eigenvalue weighted by Gasteiger charge is 2.41. The highest BCUT2D eigenvalue weighted by atomic mass is 16.5. The van der Waals surface area contributed by atoms with Gasteiger partial charge >= 0.3 is 0 Å². The summed E-state index contributed by atoms with van der Waals surface area (Å²) in [4.78, 5) is 53.7. The van der Waals surface area contributed by atoms with Crippen molar-refractivity contribution in [2.45, 2.75) is 36.8 Å². The van der Waals surface area contributed by atoms with Crippen molar-refractivity contribution in [1.82, 2.24) is 15.1 Å². The molecule has 0 aromatic heterocycles. The average Bonchev–Trinajstić information content (AvgIpc) is 3.25. The van der Waals surface area contributed by atoms with Crippen LogP contribution in [0.2, 0.25) is 0 Å². The molecule has 2 atom stereocenters. The molecular formula is C25H32B7N3O6. The van der Waals surface area contributed by atoms with Crippen LogP contribution in [0.25, 0.3) is 0 Å². The standard InChI is InChI=1S/C25H32B7N3O6/c26-18-16(19(27)21(29)17(20(18)28)25(31,32)35-6-7-40-9-15(35)37)22(30)41-13-3-1-2-10-11(13)8-34(24(10)39)12-4-5-14(36)33-23(12)38/h1-3,12,22H,4-9,26-32H2,(H,33,36,38). The fourth-order valence-corrected chi connectivity index (χ4v) is 7.03. The minimum atomic E-state index is -0.679. The Hall–Kier alpha value is -3.27. The Kier molecular flexibility index (Phi) is 7.74. The summed E-state index contributed by atoms with van der Waals surface area (Å²) in [7, 11) is 14.6. The topological polar surface area (TPSA) is 105 Å². The molecule has 5 rings (SSSR count). The third kappa shape index (κ3) is 4.94. The zero-order valence-corrected chi connectivity index (χ0v) is 25.0. The molecule has 2 unspecified atom stereocenters. The van der Waals surface area contributed by atoms with Gasteiger partial charge in [0.25, 0.3) is 5.91 Å². The molecule has 0 spiro atoms. The highest BCUT2D eigenvalue weighted by molar-refractivity contribution is 6.60. The van der Waals surface area contributed by atoms with Crippen molar-refractivity contribution in [1.29, 1.82) is 0 Å². The first-order valence-electron chi connectivity index (χ1n) is 14.3. The summed E-state index contributed by atoms with van der Waals surface area (Å²) in [6.07, 6.45) is 0.521. The predicted molar refractivity (Wildman–Crippen MR) is 175 cm³/mol. The molecule has 9 nitrogen and oxygen atoms in total. The molecular weight excluding hydrogens is 514 g/mol. The normalized spacial score (nSPS) is 20.1. The number of benzene rings is 2. The van der Waals surface area contributed by atoms with Crippen molar-refractivity contribution in [3.8, 4) is 5.75 Å². The molecule has 0 aliphatic carbocycles. The van der Waals surface area contributed by atoms with E-state index in [0.717, 1.165) is 38.5 Å². The van der Waals surface area contributed by atoms with E-state index in [1.54, 1.807) is 17.0 Å². The van der Waals surface area contributed by atoms with Gasteiger partial charge in [-0.05, 0) is 24.1 Å². The third-order valence-corrected chi connectivity index (χ3v) is 9.20. The van der Waals surface area contributed by atoms with Crippen LogP contribution in [-0.2, 0) is 31.0 Å². The maximum absolute atomic E-state index is 13.3. The molecule has 16 heteroatoms. The van der Waals surface area contributed by atoms with Gasteiger partial charge in [0.1, 0.15) is 65.5 Å². The van der Waals surface area contributed by atoms with E-state index < -0.39 is 17.3 Å². The van der Waals surface area contributed by atoms with E-state index in [4.69, 9.17) is 9.47 Å². The zero-order chi connectivity index (χ0) is 29.8. The summed E-state index contributed by atoms with van der Waals surface area (Å²) >= 11 is 0. The quantitative estimate of drug-likeness (QED) is 0.285. The minimum absolute atomic E-state index is 0.00466. The number of piperidine rings is 1. The molecule has 204 valence electrons. The predicted octanol–water partition coefficient (Wildman–Crippen LogP) is -8.57. The molecule has 0 radical (unpaired) electrons. The van der Waals surface area contributed by atoms with Crippen LogP contribution in [0.3, 0.4) is 0 Å².